The molecule has 110 valence electrons. The largest absolute Gasteiger partial charge is 0.290 e. The van der Waals surface area contributed by atoms with Gasteiger partial charge in [0.15, 0.2) is 5.17 Å². The molecular weight excluding hydrogens is 292 g/mol. The van der Waals surface area contributed by atoms with Gasteiger partial charge in [0, 0.05) is 14.1 Å². The Labute approximate surface area is 134 Å². The fourth-order valence-electron chi connectivity index (χ4n) is 2.30. The summed E-state index contributed by atoms with van der Waals surface area (Å²) in [4.78, 5) is 18.5. The number of benzene rings is 2. The highest BCUT2D eigenvalue weighted by molar-refractivity contribution is 8.18. The van der Waals surface area contributed by atoms with Gasteiger partial charge in [-0.15, -0.1) is 0 Å². The van der Waals surface area contributed by atoms with Crippen molar-refractivity contribution in [1.82, 2.24) is 4.90 Å². The maximum Gasteiger partial charge on any atom is 0.266 e. The Morgan fingerprint density at radius 2 is 1.64 bits per heavy atom. The van der Waals surface area contributed by atoms with Crippen LogP contribution in [-0.2, 0) is 4.79 Å². The molecule has 3 nitrogen and oxygen atoms in total. The minimum absolute atomic E-state index is 0.00210. The fraction of sp³-hybridized carbons (Fsp3) is 0.111. The quantitative estimate of drug-likeness (QED) is 0.789. The van der Waals surface area contributed by atoms with E-state index in [-0.39, 0.29) is 5.91 Å². The predicted molar refractivity (Wildman–Crippen MR) is 93.6 cm³/mol. The Hall–Kier alpha value is -2.33. The van der Waals surface area contributed by atoms with Gasteiger partial charge in [-0.05, 0) is 34.5 Å². The van der Waals surface area contributed by atoms with Crippen LogP contribution in [0.3, 0.4) is 0 Å². The van der Waals surface area contributed by atoms with Gasteiger partial charge in [-0.25, -0.2) is 0 Å². The molecule has 2 aromatic carbocycles. The Bertz CT molecular complexity index is 748. The maximum atomic E-state index is 12.1. The SMILES string of the molecule is CN=C1S/C(=C\c2ccc(-c3ccccc3)cc2)C(=O)N1C. The number of nitrogens with zero attached hydrogens (tertiary/aromatic N) is 2. The highest BCUT2D eigenvalue weighted by Gasteiger charge is 2.29. The van der Waals surface area contributed by atoms with Crippen LogP contribution >= 0.6 is 11.8 Å². The molecule has 3 rings (SSSR count). The van der Waals surface area contributed by atoms with Gasteiger partial charge >= 0.3 is 0 Å². The summed E-state index contributed by atoms with van der Waals surface area (Å²) in [5, 5.41) is 0.733. The second-order valence-corrected chi connectivity index (χ2v) is 5.98. The van der Waals surface area contributed by atoms with Crippen molar-refractivity contribution in [3.05, 3.63) is 65.1 Å². The molecule has 1 amide bonds. The average Bonchev–Trinajstić information content (AvgIpc) is 2.84. The molecule has 22 heavy (non-hydrogen) atoms. The molecule has 1 aliphatic rings. The van der Waals surface area contributed by atoms with Gasteiger partial charge in [-0.3, -0.25) is 14.7 Å². The highest BCUT2D eigenvalue weighted by atomic mass is 32.2. The van der Waals surface area contributed by atoms with Gasteiger partial charge in [0.1, 0.15) is 0 Å². The molecule has 0 spiro atoms. The molecule has 2 aromatic rings. The van der Waals surface area contributed by atoms with E-state index in [1.54, 1.807) is 19.0 Å². The zero-order valence-corrected chi connectivity index (χ0v) is 13.3. The van der Waals surface area contributed by atoms with Gasteiger partial charge in [0.05, 0.1) is 4.91 Å². The normalized spacial score (nSPS) is 18.5. The van der Waals surface area contributed by atoms with Gasteiger partial charge in [0.2, 0.25) is 0 Å². The van der Waals surface area contributed by atoms with E-state index in [0.29, 0.717) is 4.91 Å². The van der Waals surface area contributed by atoms with E-state index in [1.807, 2.05) is 36.4 Å². The second kappa shape index (κ2) is 6.20. The molecule has 1 aliphatic heterocycles. The number of rotatable bonds is 2. The van der Waals surface area contributed by atoms with E-state index in [1.165, 1.54) is 22.9 Å². The van der Waals surface area contributed by atoms with Crippen LogP contribution in [0.5, 0.6) is 0 Å². The minimum atomic E-state index is -0.00210. The lowest BCUT2D eigenvalue weighted by Gasteiger charge is -2.05. The predicted octanol–water partition coefficient (Wildman–Crippen LogP) is 3.89. The molecule has 0 N–H and O–H groups in total. The summed E-state index contributed by atoms with van der Waals surface area (Å²) >= 11 is 1.41. The number of amidine groups is 1. The smallest absolute Gasteiger partial charge is 0.266 e. The summed E-state index contributed by atoms with van der Waals surface area (Å²) in [6, 6.07) is 18.4. The summed E-state index contributed by atoms with van der Waals surface area (Å²) in [6.07, 6.45) is 1.91. The monoisotopic (exact) mass is 308 g/mol. The van der Waals surface area contributed by atoms with Gasteiger partial charge < -0.3 is 0 Å². The Morgan fingerprint density at radius 1 is 1.00 bits per heavy atom. The topological polar surface area (TPSA) is 32.7 Å². The van der Waals surface area contributed by atoms with E-state index in [2.05, 4.69) is 29.3 Å². The minimum Gasteiger partial charge on any atom is -0.290 e. The molecule has 0 aromatic heterocycles. The van der Waals surface area contributed by atoms with E-state index < -0.39 is 0 Å². The molecule has 0 atom stereocenters. The van der Waals surface area contributed by atoms with Crippen LogP contribution in [0.4, 0.5) is 0 Å². The highest BCUT2D eigenvalue weighted by Crippen LogP contribution is 2.31. The van der Waals surface area contributed by atoms with Crippen molar-refractivity contribution in [2.45, 2.75) is 0 Å². The molecule has 1 heterocycles. The lowest BCUT2D eigenvalue weighted by Crippen LogP contribution is -2.23. The number of amides is 1. The zero-order chi connectivity index (χ0) is 15.5. The van der Waals surface area contributed by atoms with E-state index >= 15 is 0 Å². The number of aliphatic imine (C=N–C) groups is 1. The molecule has 0 bridgehead atoms. The summed E-state index contributed by atoms with van der Waals surface area (Å²) in [5.74, 6) is -0.00210. The summed E-state index contributed by atoms with van der Waals surface area (Å²) in [6.45, 7) is 0. The van der Waals surface area contributed by atoms with Crippen molar-refractivity contribution < 1.29 is 4.79 Å². The third kappa shape index (κ3) is 2.83. The van der Waals surface area contributed by atoms with Crippen LogP contribution in [0.15, 0.2) is 64.5 Å². The van der Waals surface area contributed by atoms with E-state index in [9.17, 15) is 4.79 Å². The second-order valence-electron chi connectivity index (χ2n) is 4.97. The van der Waals surface area contributed by atoms with Gasteiger partial charge in [0.25, 0.3) is 5.91 Å². The Morgan fingerprint density at radius 3 is 2.23 bits per heavy atom. The number of hydrogen-bond donors (Lipinski definition) is 0. The number of thioether (sulfide) groups is 1. The molecule has 1 saturated heterocycles. The number of carbonyl (C=O) groups is 1. The van der Waals surface area contributed by atoms with Crippen molar-refractivity contribution in [3.63, 3.8) is 0 Å². The van der Waals surface area contributed by atoms with E-state index in [0.717, 1.165) is 10.7 Å². The molecule has 0 saturated carbocycles. The van der Waals surface area contributed by atoms with E-state index in [4.69, 9.17) is 0 Å². The van der Waals surface area contributed by atoms with Crippen LogP contribution < -0.4 is 0 Å². The lowest BCUT2D eigenvalue weighted by atomic mass is 10.0. The number of hydrogen-bond acceptors (Lipinski definition) is 3. The number of carbonyl (C=O) groups excluding carboxylic acids is 1. The molecule has 0 radical (unpaired) electrons. The first-order valence-electron chi connectivity index (χ1n) is 6.99. The van der Waals surface area contributed by atoms with Crippen molar-refractivity contribution in [1.29, 1.82) is 0 Å². The summed E-state index contributed by atoms with van der Waals surface area (Å²) in [5.41, 5.74) is 3.37. The first-order valence-corrected chi connectivity index (χ1v) is 7.80. The van der Waals surface area contributed by atoms with Crippen molar-refractivity contribution in [2.24, 2.45) is 4.99 Å². The standard InChI is InChI=1S/C18H16N2OS/c1-19-18-20(2)17(21)16(22-18)12-13-8-10-15(11-9-13)14-6-4-3-5-7-14/h3-12H,1-2H3/b16-12-,19-18?. The Balaban J connectivity index is 1.85. The van der Waals surface area contributed by atoms with Crippen molar-refractivity contribution >= 4 is 28.9 Å². The summed E-state index contributed by atoms with van der Waals surface area (Å²) < 4.78 is 0. The van der Waals surface area contributed by atoms with Gasteiger partial charge in [-0.1, -0.05) is 54.6 Å². The molecule has 0 unspecified atom stereocenters. The van der Waals surface area contributed by atoms with Crippen LogP contribution in [0.1, 0.15) is 5.56 Å². The molecule has 4 heteroatoms. The lowest BCUT2D eigenvalue weighted by molar-refractivity contribution is -0.121. The number of likely N-dealkylation sites (N-methyl/N-ethyl adjacent to an activating group) is 1. The van der Waals surface area contributed by atoms with Crippen LogP contribution in [0, 0.1) is 0 Å². The van der Waals surface area contributed by atoms with Crippen molar-refractivity contribution in [2.75, 3.05) is 14.1 Å². The summed E-state index contributed by atoms with van der Waals surface area (Å²) in [7, 11) is 3.45. The fourth-order valence-corrected chi connectivity index (χ4v) is 3.23. The third-order valence-corrected chi connectivity index (χ3v) is 4.66. The van der Waals surface area contributed by atoms with Crippen LogP contribution in [-0.4, -0.2) is 30.1 Å². The van der Waals surface area contributed by atoms with Crippen molar-refractivity contribution in [3.8, 4) is 11.1 Å². The average molecular weight is 308 g/mol. The van der Waals surface area contributed by atoms with Gasteiger partial charge in [-0.2, -0.15) is 0 Å². The third-order valence-electron chi connectivity index (χ3n) is 3.51. The molecular formula is C18H16N2OS. The zero-order valence-electron chi connectivity index (χ0n) is 12.5. The van der Waals surface area contributed by atoms with Crippen LogP contribution in [0.25, 0.3) is 17.2 Å². The van der Waals surface area contributed by atoms with Crippen LogP contribution in [0.2, 0.25) is 0 Å². The maximum absolute atomic E-state index is 12.1. The molecule has 1 fully saturated rings. The Kier molecular flexibility index (Phi) is 4.11. The molecule has 0 aliphatic carbocycles. The first kappa shape index (κ1) is 14.6. The first-order chi connectivity index (χ1) is 10.7.